The van der Waals surface area contributed by atoms with E-state index in [1.54, 1.807) is 0 Å². The normalized spacial score (nSPS) is 39.6. The lowest BCUT2D eigenvalue weighted by Crippen LogP contribution is -2.60. The molecule has 7 heteroatoms. The van der Waals surface area contributed by atoms with E-state index in [-0.39, 0.29) is 24.1 Å². The second kappa shape index (κ2) is 19.3. The Kier molecular flexibility index (Phi) is 15.6. The van der Waals surface area contributed by atoms with Crippen molar-refractivity contribution in [1.29, 1.82) is 0 Å². The minimum Gasteiger partial charge on any atom is -0.463 e. The third kappa shape index (κ3) is 9.83. The molecule has 53 heavy (non-hydrogen) atoms. The fraction of sp³-hybridized carbons (Fsp3) is 0.891. The molecule has 0 radical (unpaired) electrons. The van der Waals surface area contributed by atoms with Crippen LogP contribution in [0.5, 0.6) is 0 Å². The number of unbranched alkanes of at least 4 members (excludes halogenated alkanes) is 7. The van der Waals surface area contributed by atoms with Crippen LogP contribution in [0.25, 0.3) is 0 Å². The van der Waals surface area contributed by atoms with Gasteiger partial charge in [-0.05, 0) is 116 Å². The van der Waals surface area contributed by atoms with Gasteiger partial charge in [-0.25, -0.2) is 0 Å². The number of allylic oxidation sites excluding steroid dienone is 3. The number of carbonyl (C=O) groups excluding carboxylic acids is 1. The van der Waals surface area contributed by atoms with Gasteiger partial charge < -0.3 is 29.5 Å². The summed E-state index contributed by atoms with van der Waals surface area (Å²) in [6.45, 7) is 16.7. The molecule has 304 valence electrons. The molecule has 4 aliphatic carbocycles. The average molecular weight is 743 g/mol. The van der Waals surface area contributed by atoms with Gasteiger partial charge in [0.1, 0.15) is 31.0 Å². The monoisotopic (exact) mass is 743 g/mol. The maximum absolute atomic E-state index is 12.5. The Morgan fingerprint density at radius 3 is 2.30 bits per heavy atom. The molecule has 0 aromatic rings. The smallest absolute Gasteiger partial charge is 0.305 e. The molecule has 1 aliphatic heterocycles. The minimum atomic E-state index is -1.44. The summed E-state index contributed by atoms with van der Waals surface area (Å²) in [6.07, 6.45) is 21.1. The van der Waals surface area contributed by atoms with Crippen molar-refractivity contribution < 1.29 is 34.3 Å². The number of fused-ring (bicyclic) bond motifs is 5. The molecule has 0 aromatic carbocycles. The van der Waals surface area contributed by atoms with Crippen molar-refractivity contribution >= 4 is 5.97 Å². The number of hydrogen-bond donors (Lipinski definition) is 3. The van der Waals surface area contributed by atoms with Gasteiger partial charge in [0.25, 0.3) is 0 Å². The van der Waals surface area contributed by atoms with Crippen LogP contribution >= 0.6 is 0 Å². The molecule has 4 fully saturated rings. The first-order chi connectivity index (χ1) is 25.3. The standard InChI is InChI=1S/C46H78O7/c1-8-10-11-12-13-14-15-16-17-40(47)51-29-39-41(48)42(49)43(50)44(53-39)52-34-24-26-45(6)33(28-34)20-21-35-37-23-22-36(46(37,7)27-25-38(35)45)31(5)18-19-32(9-2)30(3)4/h18-20,30-32,34-39,41-44,48-50H,8-17,21-29H2,1-7H3/b19-18+. The van der Waals surface area contributed by atoms with Gasteiger partial charge in [-0.1, -0.05) is 117 Å². The van der Waals surface area contributed by atoms with Gasteiger partial charge >= 0.3 is 5.97 Å². The number of carbonyl (C=O) groups is 1. The number of aliphatic hydroxyl groups is 3. The highest BCUT2D eigenvalue weighted by molar-refractivity contribution is 5.69. The second-order valence-corrected chi connectivity index (χ2v) is 19.0. The lowest BCUT2D eigenvalue weighted by Gasteiger charge is -2.58. The summed E-state index contributed by atoms with van der Waals surface area (Å²) in [5.74, 6) is 4.62. The van der Waals surface area contributed by atoms with Crippen molar-refractivity contribution in [3.63, 3.8) is 0 Å². The Morgan fingerprint density at radius 1 is 0.887 bits per heavy atom. The molecular weight excluding hydrogens is 664 g/mol. The summed E-state index contributed by atoms with van der Waals surface area (Å²) in [7, 11) is 0. The predicted molar refractivity (Wildman–Crippen MR) is 212 cm³/mol. The SMILES string of the molecule is CCCCCCCCCCC(=O)OCC1OC(OC2CCC3(C)C(=CCC4C3CCC3(C)C(C(C)/C=C/C(CC)C(C)C)CCC43)C2)C(O)C(O)C1O. The maximum Gasteiger partial charge on any atom is 0.305 e. The molecule has 0 aromatic heterocycles. The van der Waals surface area contributed by atoms with Crippen molar-refractivity contribution in [3.8, 4) is 0 Å². The van der Waals surface area contributed by atoms with Gasteiger partial charge in [-0.15, -0.1) is 0 Å². The lowest BCUT2D eigenvalue weighted by atomic mass is 9.47. The number of rotatable bonds is 18. The van der Waals surface area contributed by atoms with Gasteiger partial charge in [0.05, 0.1) is 6.10 Å². The van der Waals surface area contributed by atoms with Crippen LogP contribution in [0, 0.1) is 52.3 Å². The summed E-state index contributed by atoms with van der Waals surface area (Å²) in [5.41, 5.74) is 2.05. The zero-order valence-electron chi connectivity index (χ0n) is 34.6. The molecule has 0 amide bonds. The summed E-state index contributed by atoms with van der Waals surface area (Å²) >= 11 is 0. The third-order valence-electron chi connectivity index (χ3n) is 15.4. The van der Waals surface area contributed by atoms with Gasteiger partial charge in [-0.3, -0.25) is 4.79 Å². The third-order valence-corrected chi connectivity index (χ3v) is 15.4. The van der Waals surface area contributed by atoms with Crippen LogP contribution in [0.4, 0.5) is 0 Å². The van der Waals surface area contributed by atoms with Crippen LogP contribution in [0.3, 0.4) is 0 Å². The second-order valence-electron chi connectivity index (χ2n) is 19.0. The van der Waals surface area contributed by atoms with Crippen molar-refractivity contribution in [3.05, 3.63) is 23.8 Å². The first kappa shape index (κ1) is 42.9. The molecule has 1 saturated heterocycles. The van der Waals surface area contributed by atoms with Gasteiger partial charge in [-0.2, -0.15) is 0 Å². The fourth-order valence-electron chi connectivity index (χ4n) is 11.9. The quantitative estimate of drug-likeness (QED) is 0.0730. The molecule has 0 spiro atoms. The predicted octanol–water partition coefficient (Wildman–Crippen LogP) is 9.71. The topological polar surface area (TPSA) is 105 Å². The number of ether oxygens (including phenoxy) is 3. The number of esters is 1. The Morgan fingerprint density at radius 2 is 1.60 bits per heavy atom. The van der Waals surface area contributed by atoms with Crippen LogP contribution in [0.2, 0.25) is 0 Å². The fourth-order valence-corrected chi connectivity index (χ4v) is 11.9. The largest absolute Gasteiger partial charge is 0.463 e. The Labute approximate surface area is 323 Å². The first-order valence-electron chi connectivity index (χ1n) is 22.2. The molecule has 1 heterocycles. The average Bonchev–Trinajstić information content (AvgIpc) is 3.50. The first-order valence-corrected chi connectivity index (χ1v) is 22.2. The van der Waals surface area contributed by atoms with Crippen molar-refractivity contribution in [1.82, 2.24) is 0 Å². The molecule has 5 aliphatic rings. The van der Waals surface area contributed by atoms with E-state index in [9.17, 15) is 20.1 Å². The molecule has 3 N–H and O–H groups in total. The lowest BCUT2D eigenvalue weighted by molar-refractivity contribution is -0.313. The Hall–Kier alpha value is -1.25. The highest BCUT2D eigenvalue weighted by Crippen LogP contribution is 2.67. The maximum atomic E-state index is 12.5. The summed E-state index contributed by atoms with van der Waals surface area (Å²) < 4.78 is 17.9. The van der Waals surface area contributed by atoms with Crippen molar-refractivity contribution in [2.24, 2.45) is 52.3 Å². The van der Waals surface area contributed by atoms with E-state index in [4.69, 9.17) is 14.2 Å². The van der Waals surface area contributed by atoms with Gasteiger partial charge in [0.15, 0.2) is 6.29 Å². The highest BCUT2D eigenvalue weighted by atomic mass is 16.7. The van der Waals surface area contributed by atoms with Crippen LogP contribution in [-0.2, 0) is 19.0 Å². The number of hydrogen-bond acceptors (Lipinski definition) is 7. The van der Waals surface area contributed by atoms with Gasteiger partial charge in [0, 0.05) is 6.42 Å². The zero-order valence-corrected chi connectivity index (χ0v) is 34.6. The van der Waals surface area contributed by atoms with E-state index >= 15 is 0 Å². The minimum absolute atomic E-state index is 0.145. The van der Waals surface area contributed by atoms with E-state index in [1.807, 2.05) is 0 Å². The molecule has 0 bridgehead atoms. The molecular formula is C46H78O7. The number of aliphatic hydroxyl groups excluding tert-OH is 3. The zero-order chi connectivity index (χ0) is 38.3. The summed E-state index contributed by atoms with van der Waals surface area (Å²) in [4.78, 5) is 12.5. The van der Waals surface area contributed by atoms with Crippen LogP contribution < -0.4 is 0 Å². The van der Waals surface area contributed by atoms with Gasteiger partial charge in [0.2, 0.25) is 0 Å². The van der Waals surface area contributed by atoms with E-state index in [0.717, 1.165) is 62.7 Å². The summed E-state index contributed by atoms with van der Waals surface area (Å²) in [6, 6.07) is 0. The van der Waals surface area contributed by atoms with Crippen LogP contribution in [-0.4, -0.2) is 64.7 Å². The molecule has 14 atom stereocenters. The van der Waals surface area contributed by atoms with E-state index in [0.29, 0.717) is 35.5 Å². The van der Waals surface area contributed by atoms with Crippen molar-refractivity contribution in [2.75, 3.05) is 6.61 Å². The highest BCUT2D eigenvalue weighted by Gasteiger charge is 2.59. The molecule has 7 nitrogen and oxygen atoms in total. The Bertz CT molecular complexity index is 1210. The van der Waals surface area contributed by atoms with Crippen LogP contribution in [0.1, 0.15) is 164 Å². The van der Waals surface area contributed by atoms with E-state index in [2.05, 4.69) is 66.7 Å². The molecule has 5 rings (SSSR count). The van der Waals surface area contributed by atoms with E-state index < -0.39 is 30.7 Å². The summed E-state index contributed by atoms with van der Waals surface area (Å²) in [5, 5.41) is 32.3. The molecule has 14 unspecified atom stereocenters. The van der Waals surface area contributed by atoms with Crippen molar-refractivity contribution in [2.45, 2.75) is 201 Å². The van der Waals surface area contributed by atoms with Crippen LogP contribution in [0.15, 0.2) is 23.8 Å². The van der Waals surface area contributed by atoms with E-state index in [1.165, 1.54) is 69.8 Å². The molecule has 3 saturated carbocycles. The Balaban J connectivity index is 1.13.